The Morgan fingerprint density at radius 2 is 2.13 bits per heavy atom. The maximum Gasteiger partial charge on any atom is 0.227 e. The Morgan fingerprint density at radius 1 is 1.39 bits per heavy atom. The minimum Gasteiger partial charge on any atom is -0.342 e. The second-order valence-electron chi connectivity index (χ2n) is 7.31. The Labute approximate surface area is 140 Å². The number of aromatic nitrogens is 2. The number of hydrogen-bond acceptors (Lipinski definition) is 3. The van der Waals surface area contributed by atoms with Crippen LogP contribution in [0.1, 0.15) is 43.6 Å². The molecule has 5 nitrogen and oxygen atoms in total. The maximum atomic E-state index is 12.7. The molecule has 1 atom stereocenters. The van der Waals surface area contributed by atoms with Crippen LogP contribution in [0.2, 0.25) is 0 Å². The average Bonchev–Trinajstić information content (AvgIpc) is 2.75. The van der Waals surface area contributed by atoms with E-state index in [1.54, 1.807) is 0 Å². The fraction of sp³-hybridized carbons (Fsp3) is 0.778. The summed E-state index contributed by atoms with van der Waals surface area (Å²) in [6, 6.07) is 0. The molecular formula is C18H32N4O. The van der Waals surface area contributed by atoms with E-state index in [9.17, 15) is 4.79 Å². The molecule has 1 saturated heterocycles. The Balaban J connectivity index is 2.04. The number of nitrogens with zero attached hydrogens (tertiary/aromatic N) is 3. The van der Waals surface area contributed by atoms with Crippen LogP contribution in [0.25, 0.3) is 0 Å². The lowest BCUT2D eigenvalue weighted by molar-refractivity contribution is -0.132. The van der Waals surface area contributed by atoms with E-state index >= 15 is 0 Å². The molecule has 0 saturated carbocycles. The number of likely N-dealkylation sites (tertiary alicyclic amines) is 1. The summed E-state index contributed by atoms with van der Waals surface area (Å²) in [5.41, 5.74) is 3.26. The second-order valence-corrected chi connectivity index (χ2v) is 7.31. The number of carbonyl (C=O) groups is 1. The molecule has 0 aliphatic carbocycles. The van der Waals surface area contributed by atoms with Crippen LogP contribution in [0.15, 0.2) is 0 Å². The number of amides is 1. The Bertz CT molecular complexity index is 533. The molecule has 1 amide bonds. The summed E-state index contributed by atoms with van der Waals surface area (Å²) in [6.45, 7) is 12.2. The van der Waals surface area contributed by atoms with Crippen molar-refractivity contribution in [3.63, 3.8) is 0 Å². The lowest BCUT2D eigenvalue weighted by atomic mass is 9.97. The summed E-state index contributed by atoms with van der Waals surface area (Å²) in [4.78, 5) is 14.8. The molecule has 0 radical (unpaired) electrons. The molecule has 0 aromatic carbocycles. The van der Waals surface area contributed by atoms with Crippen LogP contribution in [0.4, 0.5) is 0 Å². The average molecular weight is 320 g/mol. The molecule has 5 heteroatoms. The van der Waals surface area contributed by atoms with Gasteiger partial charge in [-0.1, -0.05) is 13.8 Å². The maximum absolute atomic E-state index is 12.7. The van der Waals surface area contributed by atoms with Crippen LogP contribution in [0.3, 0.4) is 0 Å². The summed E-state index contributed by atoms with van der Waals surface area (Å²) >= 11 is 0. The van der Waals surface area contributed by atoms with Crippen molar-refractivity contribution in [1.29, 1.82) is 0 Å². The van der Waals surface area contributed by atoms with Gasteiger partial charge in [-0.3, -0.25) is 9.48 Å². The van der Waals surface area contributed by atoms with Crippen LogP contribution in [0, 0.1) is 25.7 Å². The van der Waals surface area contributed by atoms with Crippen molar-refractivity contribution in [2.24, 2.45) is 11.8 Å². The van der Waals surface area contributed by atoms with E-state index in [4.69, 9.17) is 0 Å². The standard InChI is InChI=1S/C18H32N4O/c1-13(2)11-22-15(4)17(14(3)20-22)9-18(23)21-8-6-7-16(12-21)10-19-5/h13,16,19H,6-12H2,1-5H3/t16-/m0/s1. The zero-order valence-electron chi connectivity index (χ0n) is 15.4. The first-order valence-corrected chi connectivity index (χ1v) is 8.87. The molecule has 1 aliphatic heterocycles. The van der Waals surface area contributed by atoms with Gasteiger partial charge in [0.05, 0.1) is 12.1 Å². The molecule has 0 bridgehead atoms. The Hall–Kier alpha value is -1.36. The van der Waals surface area contributed by atoms with E-state index in [0.29, 0.717) is 18.3 Å². The van der Waals surface area contributed by atoms with E-state index in [0.717, 1.165) is 49.6 Å². The zero-order chi connectivity index (χ0) is 17.0. The molecule has 1 aromatic heterocycles. The first-order valence-electron chi connectivity index (χ1n) is 8.87. The van der Waals surface area contributed by atoms with Crippen LogP contribution < -0.4 is 5.32 Å². The van der Waals surface area contributed by atoms with E-state index < -0.39 is 0 Å². The van der Waals surface area contributed by atoms with Crippen molar-refractivity contribution in [2.45, 2.75) is 53.5 Å². The van der Waals surface area contributed by atoms with Crippen molar-refractivity contribution in [3.05, 3.63) is 17.0 Å². The van der Waals surface area contributed by atoms with Crippen LogP contribution in [0.5, 0.6) is 0 Å². The number of nitrogens with one attached hydrogen (secondary N) is 1. The fourth-order valence-corrected chi connectivity index (χ4v) is 3.52. The highest BCUT2D eigenvalue weighted by Crippen LogP contribution is 2.20. The highest BCUT2D eigenvalue weighted by Gasteiger charge is 2.25. The zero-order valence-corrected chi connectivity index (χ0v) is 15.4. The van der Waals surface area contributed by atoms with Gasteiger partial charge in [0.1, 0.15) is 0 Å². The number of rotatable bonds is 6. The van der Waals surface area contributed by atoms with Gasteiger partial charge in [0.15, 0.2) is 0 Å². The number of carbonyl (C=O) groups excluding carboxylic acids is 1. The summed E-state index contributed by atoms with van der Waals surface area (Å²) in [5, 5.41) is 7.86. The lowest BCUT2D eigenvalue weighted by Crippen LogP contribution is -2.43. The van der Waals surface area contributed by atoms with Crippen molar-refractivity contribution in [1.82, 2.24) is 20.0 Å². The quantitative estimate of drug-likeness (QED) is 0.874. The van der Waals surface area contributed by atoms with E-state index in [1.807, 2.05) is 18.9 Å². The predicted molar refractivity (Wildman–Crippen MR) is 93.5 cm³/mol. The molecule has 0 spiro atoms. The number of hydrogen-bond donors (Lipinski definition) is 1. The summed E-state index contributed by atoms with van der Waals surface area (Å²) < 4.78 is 2.06. The Morgan fingerprint density at radius 3 is 2.78 bits per heavy atom. The minimum atomic E-state index is 0.251. The van der Waals surface area contributed by atoms with Gasteiger partial charge in [0.25, 0.3) is 0 Å². The minimum absolute atomic E-state index is 0.251. The van der Waals surface area contributed by atoms with Crippen LogP contribution in [-0.2, 0) is 17.8 Å². The molecule has 23 heavy (non-hydrogen) atoms. The van der Waals surface area contributed by atoms with Gasteiger partial charge < -0.3 is 10.2 Å². The van der Waals surface area contributed by atoms with Gasteiger partial charge in [-0.05, 0) is 52.1 Å². The molecule has 130 valence electrons. The van der Waals surface area contributed by atoms with Gasteiger partial charge in [0.2, 0.25) is 5.91 Å². The largest absolute Gasteiger partial charge is 0.342 e. The second kappa shape index (κ2) is 7.95. The SMILES string of the molecule is CNC[C@@H]1CCCN(C(=O)Cc2c(C)nn(CC(C)C)c2C)C1. The van der Waals surface area contributed by atoms with Crippen molar-refractivity contribution in [3.8, 4) is 0 Å². The Kier molecular flexibility index (Phi) is 6.22. The van der Waals surface area contributed by atoms with Gasteiger partial charge >= 0.3 is 0 Å². The number of aryl methyl sites for hydroxylation is 1. The van der Waals surface area contributed by atoms with Gasteiger partial charge in [-0.2, -0.15) is 5.10 Å². The first kappa shape index (κ1) is 18.0. The number of piperidine rings is 1. The van der Waals surface area contributed by atoms with Gasteiger partial charge in [0, 0.05) is 30.9 Å². The van der Waals surface area contributed by atoms with Crippen LogP contribution in [-0.4, -0.2) is 47.3 Å². The normalized spacial score (nSPS) is 18.7. The van der Waals surface area contributed by atoms with Gasteiger partial charge in [-0.25, -0.2) is 0 Å². The van der Waals surface area contributed by atoms with Crippen molar-refractivity contribution < 1.29 is 4.79 Å². The summed E-state index contributed by atoms with van der Waals surface area (Å²) in [5.74, 6) is 1.39. The molecular weight excluding hydrogens is 288 g/mol. The van der Waals surface area contributed by atoms with E-state index in [1.165, 1.54) is 6.42 Å². The highest BCUT2D eigenvalue weighted by atomic mass is 16.2. The van der Waals surface area contributed by atoms with Crippen molar-refractivity contribution >= 4 is 5.91 Å². The van der Waals surface area contributed by atoms with Gasteiger partial charge in [-0.15, -0.1) is 0 Å². The molecule has 2 heterocycles. The van der Waals surface area contributed by atoms with Crippen LogP contribution >= 0.6 is 0 Å². The molecule has 1 aromatic rings. The molecule has 0 unspecified atom stereocenters. The molecule has 2 rings (SSSR count). The topological polar surface area (TPSA) is 50.2 Å². The molecule has 1 fully saturated rings. The summed E-state index contributed by atoms with van der Waals surface area (Å²) in [7, 11) is 1.98. The summed E-state index contributed by atoms with van der Waals surface area (Å²) in [6.07, 6.45) is 2.82. The lowest BCUT2D eigenvalue weighted by Gasteiger charge is -2.32. The third kappa shape index (κ3) is 4.56. The van der Waals surface area contributed by atoms with Crippen molar-refractivity contribution in [2.75, 3.05) is 26.7 Å². The third-order valence-corrected chi connectivity index (χ3v) is 4.76. The predicted octanol–water partition coefficient (Wildman–Crippen LogP) is 2.16. The molecule has 1 aliphatic rings. The smallest absolute Gasteiger partial charge is 0.227 e. The first-order chi connectivity index (χ1) is 10.9. The molecule has 1 N–H and O–H groups in total. The van der Waals surface area contributed by atoms with E-state index in [2.05, 4.69) is 35.9 Å². The highest BCUT2D eigenvalue weighted by molar-refractivity contribution is 5.79. The van der Waals surface area contributed by atoms with E-state index in [-0.39, 0.29) is 5.91 Å². The third-order valence-electron chi connectivity index (χ3n) is 4.76. The monoisotopic (exact) mass is 320 g/mol. The fourth-order valence-electron chi connectivity index (χ4n) is 3.52.